The average molecular weight is 396 g/mol. The van der Waals surface area contributed by atoms with E-state index < -0.39 is 0 Å². The standard InChI is InChI=1S/C20H25N7S/c1-13-17(28-20(25-13)15-5-9-27(2)10-6-15)16-12-23-18(21)19(26-16)24-11-14-3-7-22-8-4-14/h3-4,7-8,12,15H,5-6,9-11H2,1-2H3,(H2,21,23)(H,24,26). The zero-order chi connectivity index (χ0) is 19.5. The van der Waals surface area contributed by atoms with E-state index in [1.165, 1.54) is 5.01 Å². The maximum Gasteiger partial charge on any atom is 0.169 e. The van der Waals surface area contributed by atoms with E-state index in [0.29, 0.717) is 24.1 Å². The molecule has 7 nitrogen and oxygen atoms in total. The van der Waals surface area contributed by atoms with Gasteiger partial charge in [0.2, 0.25) is 0 Å². The van der Waals surface area contributed by atoms with Gasteiger partial charge in [0.05, 0.1) is 21.8 Å². The molecule has 3 aromatic rings. The Kier molecular flexibility index (Phi) is 5.50. The largest absolute Gasteiger partial charge is 0.381 e. The van der Waals surface area contributed by atoms with Crippen LogP contribution in [0.2, 0.25) is 0 Å². The number of aryl methyl sites for hydroxylation is 1. The fourth-order valence-electron chi connectivity index (χ4n) is 3.41. The molecular weight excluding hydrogens is 370 g/mol. The normalized spacial score (nSPS) is 15.6. The van der Waals surface area contributed by atoms with Crippen molar-refractivity contribution in [1.82, 2.24) is 24.8 Å². The SMILES string of the molecule is Cc1nc(C2CCN(C)CC2)sc1-c1cnc(N)c(NCc2ccncc2)n1. The van der Waals surface area contributed by atoms with Crippen LogP contribution in [0.4, 0.5) is 11.6 Å². The summed E-state index contributed by atoms with van der Waals surface area (Å²) < 4.78 is 0. The summed E-state index contributed by atoms with van der Waals surface area (Å²) >= 11 is 1.74. The summed E-state index contributed by atoms with van der Waals surface area (Å²) in [6.45, 7) is 4.92. The van der Waals surface area contributed by atoms with Crippen molar-refractivity contribution < 1.29 is 0 Å². The van der Waals surface area contributed by atoms with E-state index in [2.05, 4.69) is 27.2 Å². The van der Waals surface area contributed by atoms with Gasteiger partial charge in [0.1, 0.15) is 5.69 Å². The van der Waals surface area contributed by atoms with Crippen LogP contribution in [0.5, 0.6) is 0 Å². The molecule has 0 aliphatic carbocycles. The molecule has 1 fully saturated rings. The van der Waals surface area contributed by atoms with Gasteiger partial charge in [-0.1, -0.05) is 0 Å². The van der Waals surface area contributed by atoms with E-state index in [1.807, 2.05) is 19.1 Å². The number of rotatable bonds is 5. The Morgan fingerprint density at radius 2 is 1.96 bits per heavy atom. The third-order valence-electron chi connectivity index (χ3n) is 5.12. The van der Waals surface area contributed by atoms with E-state index in [-0.39, 0.29) is 0 Å². The van der Waals surface area contributed by atoms with Crippen molar-refractivity contribution in [3.63, 3.8) is 0 Å². The number of nitrogens with zero attached hydrogens (tertiary/aromatic N) is 5. The second-order valence-electron chi connectivity index (χ2n) is 7.24. The first-order valence-electron chi connectivity index (χ1n) is 9.51. The van der Waals surface area contributed by atoms with Gasteiger partial charge in [-0.15, -0.1) is 11.3 Å². The number of hydrogen-bond acceptors (Lipinski definition) is 8. The van der Waals surface area contributed by atoms with Crippen LogP contribution in [-0.4, -0.2) is 45.0 Å². The fraction of sp³-hybridized carbons (Fsp3) is 0.400. The van der Waals surface area contributed by atoms with Crippen molar-refractivity contribution in [3.8, 4) is 10.6 Å². The molecular formula is C20H25N7S. The molecule has 3 N–H and O–H groups in total. The highest BCUT2D eigenvalue weighted by molar-refractivity contribution is 7.15. The van der Waals surface area contributed by atoms with E-state index in [0.717, 1.165) is 47.8 Å². The number of nitrogen functional groups attached to an aromatic ring is 1. The first-order valence-corrected chi connectivity index (χ1v) is 10.3. The number of pyridine rings is 1. The lowest BCUT2D eigenvalue weighted by molar-refractivity contribution is 0.255. The maximum atomic E-state index is 6.04. The first-order chi connectivity index (χ1) is 13.6. The number of hydrogen-bond donors (Lipinski definition) is 2. The third kappa shape index (κ3) is 4.13. The van der Waals surface area contributed by atoms with Crippen molar-refractivity contribution in [2.75, 3.05) is 31.2 Å². The Labute approximate surface area is 169 Å². The average Bonchev–Trinajstić information content (AvgIpc) is 3.10. The minimum atomic E-state index is 0.399. The Hall–Kier alpha value is -2.58. The number of piperidine rings is 1. The van der Waals surface area contributed by atoms with Crippen LogP contribution in [0.3, 0.4) is 0 Å². The molecule has 8 heteroatoms. The summed E-state index contributed by atoms with van der Waals surface area (Å²) in [4.78, 5) is 21.4. The van der Waals surface area contributed by atoms with Gasteiger partial charge >= 0.3 is 0 Å². The summed E-state index contributed by atoms with van der Waals surface area (Å²) in [5.74, 6) is 1.54. The molecule has 0 atom stereocenters. The van der Waals surface area contributed by atoms with Crippen molar-refractivity contribution in [2.45, 2.75) is 32.2 Å². The Bertz CT molecular complexity index is 933. The fourth-order valence-corrected chi connectivity index (χ4v) is 4.60. The minimum absolute atomic E-state index is 0.399. The van der Waals surface area contributed by atoms with Gasteiger partial charge in [-0.2, -0.15) is 0 Å². The van der Waals surface area contributed by atoms with Gasteiger partial charge < -0.3 is 16.0 Å². The molecule has 28 heavy (non-hydrogen) atoms. The molecule has 0 amide bonds. The highest BCUT2D eigenvalue weighted by Crippen LogP contribution is 2.36. The van der Waals surface area contributed by atoms with Gasteiger partial charge in [-0.3, -0.25) is 4.98 Å². The smallest absolute Gasteiger partial charge is 0.169 e. The molecule has 0 bridgehead atoms. The molecule has 3 aromatic heterocycles. The second-order valence-corrected chi connectivity index (χ2v) is 8.27. The molecule has 1 aliphatic heterocycles. The van der Waals surface area contributed by atoms with Crippen molar-refractivity contribution in [3.05, 3.63) is 47.0 Å². The summed E-state index contributed by atoms with van der Waals surface area (Å²) in [7, 11) is 2.18. The monoisotopic (exact) mass is 395 g/mol. The summed E-state index contributed by atoms with van der Waals surface area (Å²) in [5, 5.41) is 4.50. The lowest BCUT2D eigenvalue weighted by atomic mass is 9.98. The van der Waals surface area contributed by atoms with Gasteiger partial charge in [0.25, 0.3) is 0 Å². The van der Waals surface area contributed by atoms with Crippen LogP contribution >= 0.6 is 11.3 Å². The first kappa shape index (κ1) is 18.8. The van der Waals surface area contributed by atoms with Gasteiger partial charge in [-0.25, -0.2) is 15.0 Å². The van der Waals surface area contributed by atoms with Crippen molar-refractivity contribution in [2.24, 2.45) is 0 Å². The summed E-state index contributed by atoms with van der Waals surface area (Å²) in [5.41, 5.74) is 8.98. The van der Waals surface area contributed by atoms with Crippen LogP contribution in [-0.2, 0) is 6.54 Å². The number of nitrogens with one attached hydrogen (secondary N) is 1. The minimum Gasteiger partial charge on any atom is -0.381 e. The number of anilines is 2. The zero-order valence-electron chi connectivity index (χ0n) is 16.2. The molecule has 4 rings (SSSR count). The van der Waals surface area contributed by atoms with E-state index in [4.69, 9.17) is 15.7 Å². The highest BCUT2D eigenvalue weighted by atomic mass is 32.1. The lowest BCUT2D eigenvalue weighted by Crippen LogP contribution is -2.29. The molecule has 1 saturated heterocycles. The Balaban J connectivity index is 1.54. The van der Waals surface area contributed by atoms with Crippen LogP contribution in [0, 0.1) is 6.92 Å². The van der Waals surface area contributed by atoms with Crippen LogP contribution in [0.25, 0.3) is 10.6 Å². The molecule has 0 spiro atoms. The van der Waals surface area contributed by atoms with Gasteiger partial charge in [0, 0.05) is 24.9 Å². The number of nitrogens with two attached hydrogens (primary N) is 1. The quantitative estimate of drug-likeness (QED) is 0.684. The molecule has 0 unspecified atom stereocenters. The van der Waals surface area contributed by atoms with E-state index in [9.17, 15) is 0 Å². The lowest BCUT2D eigenvalue weighted by Gasteiger charge is -2.27. The van der Waals surface area contributed by atoms with Crippen LogP contribution in [0.15, 0.2) is 30.7 Å². The number of aromatic nitrogens is 4. The molecule has 1 aliphatic rings. The summed E-state index contributed by atoms with van der Waals surface area (Å²) in [6, 6.07) is 3.92. The van der Waals surface area contributed by atoms with Gasteiger partial charge in [-0.05, 0) is 57.6 Å². The predicted octanol–water partition coefficient (Wildman–Crippen LogP) is 3.31. The number of thiazole rings is 1. The molecule has 146 valence electrons. The van der Waals surface area contributed by atoms with E-state index >= 15 is 0 Å². The highest BCUT2D eigenvalue weighted by Gasteiger charge is 2.23. The second kappa shape index (κ2) is 8.20. The predicted molar refractivity (Wildman–Crippen MR) is 113 cm³/mol. The van der Waals surface area contributed by atoms with Gasteiger partial charge in [0.15, 0.2) is 11.6 Å². The van der Waals surface area contributed by atoms with Crippen LogP contribution < -0.4 is 11.1 Å². The topological polar surface area (TPSA) is 92.9 Å². The molecule has 0 saturated carbocycles. The van der Waals surface area contributed by atoms with Crippen LogP contribution in [0.1, 0.15) is 35.0 Å². The Morgan fingerprint density at radius 1 is 1.21 bits per heavy atom. The molecule has 0 radical (unpaired) electrons. The maximum absolute atomic E-state index is 6.04. The zero-order valence-corrected chi connectivity index (χ0v) is 17.0. The molecule has 0 aromatic carbocycles. The van der Waals surface area contributed by atoms with E-state index in [1.54, 1.807) is 29.9 Å². The third-order valence-corrected chi connectivity index (χ3v) is 6.47. The number of likely N-dealkylation sites (tertiary alicyclic amines) is 1. The van der Waals surface area contributed by atoms with Crippen molar-refractivity contribution in [1.29, 1.82) is 0 Å². The summed E-state index contributed by atoms with van der Waals surface area (Å²) in [6.07, 6.45) is 7.61. The van der Waals surface area contributed by atoms with Crippen molar-refractivity contribution >= 4 is 23.0 Å². The Morgan fingerprint density at radius 3 is 2.71 bits per heavy atom. The molecule has 4 heterocycles.